The van der Waals surface area contributed by atoms with Gasteiger partial charge < -0.3 is 20.5 Å². The van der Waals surface area contributed by atoms with E-state index in [4.69, 9.17) is 10.5 Å². The molecule has 0 spiro atoms. The predicted octanol–water partition coefficient (Wildman–Crippen LogP) is 1.69. The molecule has 0 amide bonds. The summed E-state index contributed by atoms with van der Waals surface area (Å²) in [7, 11) is 1.99. The van der Waals surface area contributed by atoms with E-state index >= 15 is 0 Å². The zero-order valence-electron chi connectivity index (χ0n) is 12.6. The van der Waals surface area contributed by atoms with Gasteiger partial charge in [-0.2, -0.15) is 0 Å². The van der Waals surface area contributed by atoms with E-state index in [0.717, 1.165) is 18.5 Å². The largest absolute Gasteiger partial charge is 0.388 e. The smallest absolute Gasteiger partial charge is 0.123 e. The molecule has 1 unspecified atom stereocenters. The fraction of sp³-hybridized carbons (Fsp3) is 0.625. The summed E-state index contributed by atoms with van der Waals surface area (Å²) in [5, 5.41) is 10.5. The minimum Gasteiger partial charge on any atom is -0.388 e. The first-order chi connectivity index (χ1) is 9.98. The van der Waals surface area contributed by atoms with Gasteiger partial charge >= 0.3 is 0 Å². The molecule has 1 saturated heterocycles. The fourth-order valence-corrected chi connectivity index (χ4v) is 2.73. The third kappa shape index (κ3) is 5.04. The lowest BCUT2D eigenvalue weighted by molar-refractivity contribution is -0.0770. The normalized spacial score (nSPS) is 19.7. The van der Waals surface area contributed by atoms with Crippen molar-refractivity contribution in [3.05, 3.63) is 35.6 Å². The topological polar surface area (TPSA) is 58.7 Å². The standard InChI is InChI=1S/C16H25FN2O2/c1-19(12-16(20)7-10-21-11-8-16)9-6-15(18)13-2-4-14(17)5-3-13/h2-5,15,20H,6-12,18H2,1H3. The summed E-state index contributed by atoms with van der Waals surface area (Å²) in [5.41, 5.74) is 6.42. The van der Waals surface area contributed by atoms with Crippen LogP contribution in [0.3, 0.4) is 0 Å². The Morgan fingerprint density at radius 2 is 1.95 bits per heavy atom. The summed E-state index contributed by atoms with van der Waals surface area (Å²) in [6.07, 6.45) is 2.14. The second kappa shape index (κ2) is 7.31. The number of likely N-dealkylation sites (N-methyl/N-ethyl adjacent to an activating group) is 1. The summed E-state index contributed by atoms with van der Waals surface area (Å²) in [6, 6.07) is 6.21. The van der Waals surface area contributed by atoms with Crippen molar-refractivity contribution < 1.29 is 14.2 Å². The summed E-state index contributed by atoms with van der Waals surface area (Å²) in [6.45, 7) is 2.67. The lowest BCUT2D eigenvalue weighted by Crippen LogP contribution is -2.46. The van der Waals surface area contributed by atoms with Crippen LogP contribution in [0, 0.1) is 5.82 Å². The van der Waals surface area contributed by atoms with Crippen LogP contribution >= 0.6 is 0 Å². The molecule has 4 nitrogen and oxygen atoms in total. The number of hydrogen-bond donors (Lipinski definition) is 2. The van der Waals surface area contributed by atoms with E-state index in [9.17, 15) is 9.50 Å². The second-order valence-electron chi connectivity index (χ2n) is 6.02. The molecule has 2 rings (SSSR count). The van der Waals surface area contributed by atoms with Gasteiger partial charge in [-0.25, -0.2) is 4.39 Å². The quantitative estimate of drug-likeness (QED) is 0.839. The Morgan fingerprint density at radius 3 is 2.57 bits per heavy atom. The maximum Gasteiger partial charge on any atom is 0.123 e. The van der Waals surface area contributed by atoms with Crippen molar-refractivity contribution in [3.8, 4) is 0 Å². The number of benzene rings is 1. The van der Waals surface area contributed by atoms with Crippen LogP contribution in [0.25, 0.3) is 0 Å². The van der Waals surface area contributed by atoms with Gasteiger partial charge in [-0.1, -0.05) is 12.1 Å². The van der Waals surface area contributed by atoms with Gasteiger partial charge in [-0.15, -0.1) is 0 Å². The molecule has 0 aliphatic carbocycles. The summed E-state index contributed by atoms with van der Waals surface area (Å²) >= 11 is 0. The third-order valence-corrected chi connectivity index (χ3v) is 4.11. The van der Waals surface area contributed by atoms with Crippen LogP contribution in [-0.2, 0) is 4.74 Å². The SMILES string of the molecule is CN(CCC(N)c1ccc(F)cc1)CC1(O)CCOCC1. The van der Waals surface area contributed by atoms with E-state index in [1.54, 1.807) is 12.1 Å². The Hall–Kier alpha value is -1.01. The van der Waals surface area contributed by atoms with Crippen LogP contribution in [0.1, 0.15) is 30.9 Å². The molecule has 0 radical (unpaired) electrons. The van der Waals surface area contributed by atoms with E-state index in [1.165, 1.54) is 12.1 Å². The highest BCUT2D eigenvalue weighted by atomic mass is 19.1. The average molecular weight is 296 g/mol. The van der Waals surface area contributed by atoms with Crippen LogP contribution in [0.4, 0.5) is 4.39 Å². The number of aliphatic hydroxyl groups is 1. The van der Waals surface area contributed by atoms with Crippen LogP contribution in [0.2, 0.25) is 0 Å². The lowest BCUT2D eigenvalue weighted by Gasteiger charge is -2.35. The number of nitrogens with zero attached hydrogens (tertiary/aromatic N) is 1. The van der Waals surface area contributed by atoms with Gasteiger partial charge in [0.1, 0.15) is 5.82 Å². The van der Waals surface area contributed by atoms with Crippen molar-refractivity contribution in [1.82, 2.24) is 4.90 Å². The van der Waals surface area contributed by atoms with Crippen molar-refractivity contribution in [3.63, 3.8) is 0 Å². The van der Waals surface area contributed by atoms with Crippen LogP contribution in [-0.4, -0.2) is 49.0 Å². The molecule has 21 heavy (non-hydrogen) atoms. The van der Waals surface area contributed by atoms with Gasteiger partial charge in [-0.3, -0.25) is 0 Å². The van der Waals surface area contributed by atoms with Gasteiger partial charge in [0.05, 0.1) is 5.60 Å². The summed E-state index contributed by atoms with van der Waals surface area (Å²) < 4.78 is 18.2. The highest BCUT2D eigenvalue weighted by Crippen LogP contribution is 2.22. The molecule has 3 N–H and O–H groups in total. The minimum atomic E-state index is -0.646. The molecule has 0 aromatic heterocycles. The minimum absolute atomic E-state index is 0.114. The molecule has 1 aromatic carbocycles. The number of rotatable bonds is 6. The van der Waals surface area contributed by atoms with Crippen LogP contribution < -0.4 is 5.73 Å². The number of halogens is 1. The van der Waals surface area contributed by atoms with Crippen molar-refractivity contribution in [1.29, 1.82) is 0 Å². The van der Waals surface area contributed by atoms with Crippen molar-refractivity contribution in [2.45, 2.75) is 30.9 Å². The molecular formula is C16H25FN2O2. The monoisotopic (exact) mass is 296 g/mol. The molecule has 0 saturated carbocycles. The van der Waals surface area contributed by atoms with Gasteiger partial charge in [0.25, 0.3) is 0 Å². The van der Waals surface area contributed by atoms with Crippen LogP contribution in [0.15, 0.2) is 24.3 Å². The summed E-state index contributed by atoms with van der Waals surface area (Å²) in [4.78, 5) is 2.11. The molecule has 118 valence electrons. The molecule has 1 aliphatic heterocycles. The van der Waals surface area contributed by atoms with E-state index in [1.807, 2.05) is 7.05 Å². The molecule has 0 bridgehead atoms. The van der Waals surface area contributed by atoms with E-state index in [0.29, 0.717) is 32.6 Å². The van der Waals surface area contributed by atoms with Gasteiger partial charge in [0, 0.05) is 38.6 Å². The van der Waals surface area contributed by atoms with Crippen molar-refractivity contribution in [2.24, 2.45) is 5.73 Å². The van der Waals surface area contributed by atoms with Crippen molar-refractivity contribution >= 4 is 0 Å². The number of nitrogens with two attached hydrogens (primary N) is 1. The van der Waals surface area contributed by atoms with Crippen molar-refractivity contribution in [2.75, 3.05) is 33.4 Å². The molecular weight excluding hydrogens is 271 g/mol. The van der Waals surface area contributed by atoms with E-state index < -0.39 is 5.60 Å². The Bertz CT molecular complexity index is 432. The molecule has 1 aliphatic rings. The van der Waals surface area contributed by atoms with E-state index in [2.05, 4.69) is 4.90 Å². The Balaban J connectivity index is 1.77. The Morgan fingerprint density at radius 1 is 1.33 bits per heavy atom. The highest BCUT2D eigenvalue weighted by molar-refractivity contribution is 5.19. The average Bonchev–Trinajstić information content (AvgIpc) is 2.46. The second-order valence-corrected chi connectivity index (χ2v) is 6.02. The van der Waals surface area contributed by atoms with Gasteiger partial charge in [-0.05, 0) is 37.7 Å². The van der Waals surface area contributed by atoms with E-state index in [-0.39, 0.29) is 11.9 Å². The maximum absolute atomic E-state index is 12.9. The highest BCUT2D eigenvalue weighted by Gasteiger charge is 2.30. The van der Waals surface area contributed by atoms with Gasteiger partial charge in [0.15, 0.2) is 0 Å². The maximum atomic E-state index is 12.9. The number of ether oxygens (including phenoxy) is 1. The molecule has 5 heteroatoms. The Labute approximate surface area is 125 Å². The van der Waals surface area contributed by atoms with Crippen LogP contribution in [0.5, 0.6) is 0 Å². The molecule has 1 heterocycles. The third-order valence-electron chi connectivity index (χ3n) is 4.11. The Kier molecular flexibility index (Phi) is 5.70. The first-order valence-corrected chi connectivity index (χ1v) is 7.48. The zero-order chi connectivity index (χ0) is 15.3. The first kappa shape index (κ1) is 16.4. The summed E-state index contributed by atoms with van der Waals surface area (Å²) in [5.74, 6) is -0.246. The zero-order valence-corrected chi connectivity index (χ0v) is 12.6. The molecule has 1 fully saturated rings. The predicted molar refractivity (Wildman–Crippen MR) is 80.4 cm³/mol. The first-order valence-electron chi connectivity index (χ1n) is 7.48. The lowest BCUT2D eigenvalue weighted by atomic mass is 9.93. The van der Waals surface area contributed by atoms with Gasteiger partial charge in [0.2, 0.25) is 0 Å². The number of hydrogen-bond acceptors (Lipinski definition) is 4. The fourth-order valence-electron chi connectivity index (χ4n) is 2.73. The molecule has 1 aromatic rings. The molecule has 1 atom stereocenters.